The van der Waals surface area contributed by atoms with Gasteiger partial charge in [-0.25, -0.2) is 0 Å². The number of aryl methyl sites for hydroxylation is 1. The second kappa shape index (κ2) is 11.9. The zero-order valence-electron chi connectivity index (χ0n) is 18.8. The van der Waals surface area contributed by atoms with Crippen molar-refractivity contribution in [1.29, 1.82) is 0 Å². The lowest BCUT2D eigenvalue weighted by Crippen LogP contribution is -2.52. The molecule has 0 spiro atoms. The van der Waals surface area contributed by atoms with Crippen LogP contribution in [0.25, 0.3) is 0 Å². The molecule has 2 N–H and O–H groups in total. The Hall–Kier alpha value is -3.15. The van der Waals surface area contributed by atoms with Crippen molar-refractivity contribution in [2.75, 3.05) is 19.0 Å². The Balaban J connectivity index is 1.90. The molecule has 6 heteroatoms. The second-order valence-electron chi connectivity index (χ2n) is 8.29. The highest BCUT2D eigenvalue weighted by Crippen LogP contribution is 2.13. The highest BCUT2D eigenvalue weighted by molar-refractivity contribution is 5.89. The Morgan fingerprint density at radius 2 is 1.58 bits per heavy atom. The first-order valence-electron chi connectivity index (χ1n) is 10.7. The number of anilines is 1. The van der Waals surface area contributed by atoms with E-state index in [-0.39, 0.29) is 17.7 Å². The lowest BCUT2D eigenvalue weighted by molar-refractivity contribution is -0.131. The van der Waals surface area contributed by atoms with Gasteiger partial charge in [-0.15, -0.1) is 0 Å². The van der Waals surface area contributed by atoms with E-state index in [0.717, 1.165) is 23.1 Å². The van der Waals surface area contributed by atoms with Crippen LogP contribution < -0.4 is 15.5 Å². The summed E-state index contributed by atoms with van der Waals surface area (Å²) < 4.78 is 0. The van der Waals surface area contributed by atoms with Crippen LogP contribution in [0.5, 0.6) is 0 Å². The van der Waals surface area contributed by atoms with Crippen molar-refractivity contribution in [2.45, 2.75) is 45.2 Å². The van der Waals surface area contributed by atoms with Gasteiger partial charge >= 0.3 is 0 Å². The monoisotopic (exact) mass is 423 g/mol. The van der Waals surface area contributed by atoms with Gasteiger partial charge in [0.25, 0.3) is 0 Å². The Labute approximate surface area is 185 Å². The molecule has 1 unspecified atom stereocenters. The van der Waals surface area contributed by atoms with Crippen molar-refractivity contribution in [3.05, 3.63) is 65.7 Å². The quantitative estimate of drug-likeness (QED) is 0.545. The predicted molar refractivity (Wildman–Crippen MR) is 124 cm³/mol. The minimum atomic E-state index is -0.693. The summed E-state index contributed by atoms with van der Waals surface area (Å²) >= 11 is 0. The van der Waals surface area contributed by atoms with Crippen molar-refractivity contribution < 1.29 is 14.4 Å². The Morgan fingerprint density at radius 3 is 2.13 bits per heavy atom. The van der Waals surface area contributed by atoms with Gasteiger partial charge in [-0.1, -0.05) is 56.3 Å². The van der Waals surface area contributed by atoms with Gasteiger partial charge in [0.15, 0.2) is 0 Å². The van der Waals surface area contributed by atoms with Crippen LogP contribution in [-0.4, -0.2) is 44.3 Å². The van der Waals surface area contributed by atoms with Gasteiger partial charge in [-0.2, -0.15) is 0 Å². The van der Waals surface area contributed by atoms with Gasteiger partial charge in [0.2, 0.25) is 11.8 Å². The fourth-order valence-electron chi connectivity index (χ4n) is 3.27. The normalized spacial score (nSPS) is 12.7. The molecule has 0 aliphatic heterocycles. The fourth-order valence-corrected chi connectivity index (χ4v) is 3.27. The molecule has 2 atom stereocenters. The van der Waals surface area contributed by atoms with Crippen LogP contribution in [0.4, 0.5) is 5.69 Å². The number of benzene rings is 2. The number of hydrogen-bond acceptors (Lipinski definition) is 4. The van der Waals surface area contributed by atoms with E-state index in [0.29, 0.717) is 19.3 Å². The molecule has 0 saturated carbocycles. The van der Waals surface area contributed by atoms with E-state index in [1.54, 1.807) is 0 Å². The summed E-state index contributed by atoms with van der Waals surface area (Å²) in [6.45, 7) is 3.75. The molecule has 2 rings (SSSR count). The largest absolute Gasteiger partial charge is 0.378 e. The smallest absolute Gasteiger partial charge is 0.243 e. The molecule has 2 aromatic rings. The van der Waals surface area contributed by atoms with E-state index >= 15 is 0 Å². The summed E-state index contributed by atoms with van der Waals surface area (Å²) in [5.41, 5.74) is 3.13. The van der Waals surface area contributed by atoms with Crippen molar-refractivity contribution >= 4 is 23.8 Å². The van der Waals surface area contributed by atoms with Gasteiger partial charge in [-0.05, 0) is 42.0 Å². The van der Waals surface area contributed by atoms with Crippen molar-refractivity contribution in [2.24, 2.45) is 5.92 Å². The number of aldehydes is 1. The number of carbonyl (C=O) groups excluding carboxylic acids is 3. The summed E-state index contributed by atoms with van der Waals surface area (Å²) in [6, 6.07) is 16.2. The third-order valence-electron chi connectivity index (χ3n) is 5.15. The Kier molecular flexibility index (Phi) is 9.25. The molecule has 0 aromatic heterocycles. The molecule has 0 bridgehead atoms. The lowest BCUT2D eigenvalue weighted by Gasteiger charge is -2.23. The third kappa shape index (κ3) is 7.89. The van der Waals surface area contributed by atoms with Crippen LogP contribution in [0, 0.1) is 5.92 Å². The minimum absolute atomic E-state index is 0.104. The maximum Gasteiger partial charge on any atom is 0.243 e. The van der Waals surface area contributed by atoms with E-state index in [4.69, 9.17) is 0 Å². The molecule has 166 valence electrons. The van der Waals surface area contributed by atoms with Crippen LogP contribution in [0.2, 0.25) is 0 Å². The predicted octanol–water partition coefficient (Wildman–Crippen LogP) is 2.75. The lowest BCUT2D eigenvalue weighted by atomic mass is 10.0. The van der Waals surface area contributed by atoms with E-state index in [9.17, 15) is 14.4 Å². The molecule has 0 heterocycles. The highest BCUT2D eigenvalue weighted by Gasteiger charge is 2.26. The second-order valence-corrected chi connectivity index (χ2v) is 8.29. The molecule has 0 radical (unpaired) electrons. The van der Waals surface area contributed by atoms with Crippen molar-refractivity contribution in [3.8, 4) is 0 Å². The number of nitrogens with one attached hydrogen (secondary N) is 2. The zero-order valence-corrected chi connectivity index (χ0v) is 18.8. The van der Waals surface area contributed by atoms with Crippen LogP contribution in [-0.2, 0) is 27.2 Å². The number of rotatable bonds is 11. The molecular weight excluding hydrogens is 390 g/mol. The van der Waals surface area contributed by atoms with E-state index in [1.165, 1.54) is 0 Å². The topological polar surface area (TPSA) is 78.5 Å². The molecule has 6 nitrogen and oxygen atoms in total. The standard InChI is InChI=1S/C25H33N3O3/c1-18(2)24(25(31)26-21(17-29)16-20-8-6-5-7-9-20)27-23(30)15-12-19-10-13-22(14-11-19)28(3)4/h5-11,13-14,17-18,21,24H,12,15-16H2,1-4H3,(H,26,31)(H,27,30)/t21?,24-/m0/s1. The average molecular weight is 424 g/mol. The molecule has 2 aromatic carbocycles. The molecule has 0 aliphatic carbocycles. The van der Waals surface area contributed by atoms with Gasteiger partial charge < -0.3 is 20.3 Å². The maximum absolute atomic E-state index is 12.8. The van der Waals surface area contributed by atoms with Crippen LogP contribution in [0.3, 0.4) is 0 Å². The Bertz CT molecular complexity index is 848. The Morgan fingerprint density at radius 1 is 0.935 bits per heavy atom. The number of carbonyl (C=O) groups is 3. The summed E-state index contributed by atoms with van der Waals surface area (Å²) in [7, 11) is 3.96. The van der Waals surface area contributed by atoms with E-state index in [1.807, 2.05) is 87.4 Å². The third-order valence-corrected chi connectivity index (χ3v) is 5.15. The van der Waals surface area contributed by atoms with Gasteiger partial charge in [0, 0.05) is 26.2 Å². The van der Waals surface area contributed by atoms with Gasteiger partial charge in [-0.3, -0.25) is 9.59 Å². The summed E-state index contributed by atoms with van der Waals surface area (Å²) in [4.78, 5) is 38.8. The van der Waals surface area contributed by atoms with Crippen LogP contribution in [0.1, 0.15) is 31.4 Å². The summed E-state index contributed by atoms with van der Waals surface area (Å²) in [6.07, 6.45) is 2.04. The number of hydrogen-bond donors (Lipinski definition) is 2. The highest BCUT2D eigenvalue weighted by atomic mass is 16.2. The molecule has 31 heavy (non-hydrogen) atoms. The van der Waals surface area contributed by atoms with Crippen molar-refractivity contribution in [1.82, 2.24) is 10.6 Å². The maximum atomic E-state index is 12.8. The molecular formula is C25H33N3O3. The molecule has 0 saturated heterocycles. The summed E-state index contributed by atoms with van der Waals surface area (Å²) in [5.74, 6) is -0.629. The van der Waals surface area contributed by atoms with Gasteiger partial charge in [0.05, 0.1) is 6.04 Å². The first-order valence-corrected chi connectivity index (χ1v) is 10.7. The summed E-state index contributed by atoms with van der Waals surface area (Å²) in [5, 5.41) is 5.60. The first-order chi connectivity index (χ1) is 14.8. The zero-order chi connectivity index (χ0) is 22.8. The first kappa shape index (κ1) is 24.1. The molecule has 0 aliphatic rings. The van der Waals surface area contributed by atoms with E-state index < -0.39 is 12.1 Å². The van der Waals surface area contributed by atoms with Crippen LogP contribution in [0.15, 0.2) is 54.6 Å². The minimum Gasteiger partial charge on any atom is -0.378 e. The molecule has 0 fully saturated rings. The molecule has 2 amide bonds. The van der Waals surface area contributed by atoms with Crippen molar-refractivity contribution in [3.63, 3.8) is 0 Å². The number of nitrogens with zero attached hydrogens (tertiary/aromatic N) is 1. The fraction of sp³-hybridized carbons (Fsp3) is 0.400. The van der Waals surface area contributed by atoms with E-state index in [2.05, 4.69) is 10.6 Å². The number of amides is 2. The SMILES string of the molecule is CC(C)[C@H](NC(=O)CCc1ccc(N(C)C)cc1)C(=O)NC(C=O)Cc1ccccc1. The average Bonchev–Trinajstić information content (AvgIpc) is 2.76. The van der Waals surface area contributed by atoms with Crippen LogP contribution >= 0.6 is 0 Å². The van der Waals surface area contributed by atoms with Gasteiger partial charge in [0.1, 0.15) is 12.3 Å².